The molecule has 162 valence electrons. The van der Waals surface area contributed by atoms with E-state index in [0.717, 1.165) is 24.0 Å². The van der Waals surface area contributed by atoms with E-state index in [1.807, 2.05) is 32.0 Å². The summed E-state index contributed by atoms with van der Waals surface area (Å²) in [4.78, 5) is 12.9. The molecule has 1 fully saturated rings. The molecule has 1 aliphatic rings. The van der Waals surface area contributed by atoms with Crippen LogP contribution in [0.1, 0.15) is 30.9 Å². The number of aryl methyl sites for hydroxylation is 2. The molecule has 1 aliphatic heterocycles. The summed E-state index contributed by atoms with van der Waals surface area (Å²) in [5.41, 5.74) is 2.25. The number of nitrogens with zero attached hydrogens (tertiary/aromatic N) is 1. The zero-order chi connectivity index (χ0) is 21.9. The maximum Gasteiger partial charge on any atom is 0.265 e. The predicted molar refractivity (Wildman–Crippen MR) is 116 cm³/mol. The van der Waals surface area contributed by atoms with Gasteiger partial charge in [0.15, 0.2) is 6.10 Å². The highest BCUT2D eigenvalue weighted by Crippen LogP contribution is 2.30. The summed E-state index contributed by atoms with van der Waals surface area (Å²) in [6.45, 7) is 6.53. The van der Waals surface area contributed by atoms with Crippen molar-refractivity contribution < 1.29 is 22.7 Å². The van der Waals surface area contributed by atoms with Gasteiger partial charge in [-0.1, -0.05) is 12.1 Å². The van der Waals surface area contributed by atoms with Crippen LogP contribution in [-0.2, 0) is 14.8 Å². The van der Waals surface area contributed by atoms with E-state index in [4.69, 9.17) is 9.47 Å². The van der Waals surface area contributed by atoms with Crippen LogP contribution >= 0.6 is 0 Å². The quantitative estimate of drug-likeness (QED) is 0.724. The Labute approximate surface area is 178 Å². The van der Waals surface area contributed by atoms with Gasteiger partial charge in [0, 0.05) is 13.1 Å². The third kappa shape index (κ3) is 4.76. The number of anilines is 1. The van der Waals surface area contributed by atoms with Crippen LogP contribution in [0.4, 0.5) is 5.69 Å². The van der Waals surface area contributed by atoms with Crippen LogP contribution in [0, 0.1) is 13.8 Å². The molecule has 8 heteroatoms. The largest absolute Gasteiger partial charge is 0.495 e. The lowest BCUT2D eigenvalue weighted by atomic mass is 10.1. The summed E-state index contributed by atoms with van der Waals surface area (Å²) in [5.74, 6) is 0.613. The fourth-order valence-corrected chi connectivity index (χ4v) is 4.88. The third-order valence-electron chi connectivity index (χ3n) is 5.15. The number of carbonyl (C=O) groups excluding carboxylic acids is 1. The first-order valence-electron chi connectivity index (χ1n) is 9.95. The zero-order valence-corrected chi connectivity index (χ0v) is 18.6. The molecular formula is C22H28N2O5S. The number of methoxy groups -OCH3 is 1. The highest BCUT2D eigenvalue weighted by atomic mass is 32.2. The molecule has 1 atom stereocenters. The Kier molecular flexibility index (Phi) is 6.67. The Morgan fingerprint density at radius 2 is 1.77 bits per heavy atom. The van der Waals surface area contributed by atoms with Crippen molar-refractivity contribution in [2.75, 3.05) is 25.5 Å². The smallest absolute Gasteiger partial charge is 0.265 e. The molecule has 3 rings (SSSR count). The number of hydrogen-bond acceptors (Lipinski definition) is 5. The van der Waals surface area contributed by atoms with Crippen molar-refractivity contribution in [1.29, 1.82) is 0 Å². The topological polar surface area (TPSA) is 84.9 Å². The standard InChI is InChI=1S/C22H28N2O5S/c1-15-7-8-16(2)21(13-15)29-17(3)22(25)23-19-14-18(9-10-20(19)28-4)30(26,27)24-11-5-6-12-24/h7-10,13-14,17H,5-6,11-12H2,1-4H3,(H,23,25). The second kappa shape index (κ2) is 9.06. The molecule has 1 unspecified atom stereocenters. The van der Waals surface area contributed by atoms with Crippen molar-refractivity contribution in [3.8, 4) is 11.5 Å². The Bertz CT molecular complexity index is 1030. The number of ether oxygens (including phenoxy) is 2. The van der Waals surface area contributed by atoms with Gasteiger partial charge in [0.1, 0.15) is 11.5 Å². The molecule has 0 aromatic heterocycles. The SMILES string of the molecule is COc1ccc(S(=O)(=O)N2CCCC2)cc1NC(=O)C(C)Oc1cc(C)ccc1C. The molecule has 1 heterocycles. The number of amides is 1. The van der Waals surface area contributed by atoms with E-state index in [2.05, 4.69) is 5.32 Å². The number of benzene rings is 2. The van der Waals surface area contributed by atoms with Gasteiger partial charge in [-0.25, -0.2) is 8.42 Å². The van der Waals surface area contributed by atoms with Gasteiger partial charge < -0.3 is 14.8 Å². The molecule has 0 aliphatic carbocycles. The first kappa shape index (κ1) is 22.1. The summed E-state index contributed by atoms with van der Waals surface area (Å²) in [7, 11) is -2.14. The number of sulfonamides is 1. The van der Waals surface area contributed by atoms with Crippen LogP contribution in [0.5, 0.6) is 11.5 Å². The Morgan fingerprint density at radius 1 is 1.07 bits per heavy atom. The fourth-order valence-electron chi connectivity index (χ4n) is 3.34. The van der Waals surface area contributed by atoms with E-state index < -0.39 is 22.0 Å². The van der Waals surface area contributed by atoms with Gasteiger partial charge in [-0.15, -0.1) is 0 Å². The molecule has 0 spiro atoms. The van der Waals surface area contributed by atoms with E-state index in [0.29, 0.717) is 30.3 Å². The van der Waals surface area contributed by atoms with Crippen LogP contribution in [-0.4, -0.2) is 44.9 Å². The van der Waals surface area contributed by atoms with Gasteiger partial charge in [-0.2, -0.15) is 4.31 Å². The highest BCUT2D eigenvalue weighted by molar-refractivity contribution is 7.89. The lowest BCUT2D eigenvalue weighted by Gasteiger charge is -2.19. The van der Waals surface area contributed by atoms with Crippen LogP contribution in [0.15, 0.2) is 41.3 Å². The summed E-state index contributed by atoms with van der Waals surface area (Å²) in [6.07, 6.45) is 0.923. The van der Waals surface area contributed by atoms with Gasteiger partial charge >= 0.3 is 0 Å². The zero-order valence-electron chi connectivity index (χ0n) is 17.8. The average molecular weight is 433 g/mol. The molecular weight excluding hydrogens is 404 g/mol. The number of hydrogen-bond donors (Lipinski definition) is 1. The van der Waals surface area contributed by atoms with Crippen molar-refractivity contribution in [2.24, 2.45) is 0 Å². The maximum absolute atomic E-state index is 12.9. The van der Waals surface area contributed by atoms with Gasteiger partial charge in [0.05, 0.1) is 17.7 Å². The number of carbonyl (C=O) groups is 1. The Hall–Kier alpha value is -2.58. The summed E-state index contributed by atoms with van der Waals surface area (Å²) < 4.78 is 38.3. The van der Waals surface area contributed by atoms with Crippen LogP contribution in [0.25, 0.3) is 0 Å². The molecule has 0 saturated carbocycles. The minimum absolute atomic E-state index is 0.128. The number of nitrogens with one attached hydrogen (secondary N) is 1. The van der Waals surface area contributed by atoms with Gasteiger partial charge in [0.25, 0.3) is 5.91 Å². The van der Waals surface area contributed by atoms with Crippen LogP contribution < -0.4 is 14.8 Å². The third-order valence-corrected chi connectivity index (χ3v) is 7.04. The molecule has 1 amide bonds. The first-order chi connectivity index (χ1) is 14.2. The van der Waals surface area contributed by atoms with Crippen LogP contribution in [0.2, 0.25) is 0 Å². The monoisotopic (exact) mass is 432 g/mol. The predicted octanol–water partition coefficient (Wildman–Crippen LogP) is 3.50. The first-order valence-corrected chi connectivity index (χ1v) is 11.4. The molecule has 2 aromatic carbocycles. The summed E-state index contributed by atoms with van der Waals surface area (Å²) in [5, 5.41) is 2.75. The van der Waals surface area contributed by atoms with Crippen molar-refractivity contribution in [2.45, 2.75) is 44.6 Å². The van der Waals surface area contributed by atoms with E-state index in [1.54, 1.807) is 13.0 Å². The van der Waals surface area contributed by atoms with Gasteiger partial charge in [0.2, 0.25) is 10.0 Å². The lowest BCUT2D eigenvalue weighted by Crippen LogP contribution is -2.31. The van der Waals surface area contributed by atoms with E-state index in [1.165, 1.54) is 23.5 Å². The number of rotatable bonds is 7. The van der Waals surface area contributed by atoms with E-state index in [-0.39, 0.29) is 4.90 Å². The lowest BCUT2D eigenvalue weighted by molar-refractivity contribution is -0.122. The molecule has 30 heavy (non-hydrogen) atoms. The second-order valence-corrected chi connectivity index (χ2v) is 9.43. The molecule has 7 nitrogen and oxygen atoms in total. The summed E-state index contributed by atoms with van der Waals surface area (Å²) in [6, 6.07) is 10.3. The van der Waals surface area contributed by atoms with E-state index >= 15 is 0 Å². The van der Waals surface area contributed by atoms with Gasteiger partial charge in [-0.05, 0) is 69.0 Å². The van der Waals surface area contributed by atoms with Crippen molar-refractivity contribution in [3.63, 3.8) is 0 Å². The van der Waals surface area contributed by atoms with Crippen LogP contribution in [0.3, 0.4) is 0 Å². The average Bonchev–Trinajstić information content (AvgIpc) is 3.26. The van der Waals surface area contributed by atoms with Crippen molar-refractivity contribution >= 4 is 21.6 Å². The molecule has 2 aromatic rings. The molecule has 1 saturated heterocycles. The Morgan fingerprint density at radius 3 is 2.43 bits per heavy atom. The van der Waals surface area contributed by atoms with Gasteiger partial charge in [-0.3, -0.25) is 4.79 Å². The molecule has 0 radical (unpaired) electrons. The highest BCUT2D eigenvalue weighted by Gasteiger charge is 2.28. The fraction of sp³-hybridized carbons (Fsp3) is 0.409. The minimum Gasteiger partial charge on any atom is -0.495 e. The normalized spacial score (nSPS) is 15.6. The second-order valence-electron chi connectivity index (χ2n) is 7.49. The Balaban J connectivity index is 1.80. The summed E-state index contributed by atoms with van der Waals surface area (Å²) >= 11 is 0. The molecule has 1 N–H and O–H groups in total. The maximum atomic E-state index is 12.9. The van der Waals surface area contributed by atoms with Crippen molar-refractivity contribution in [3.05, 3.63) is 47.5 Å². The molecule has 0 bridgehead atoms. The van der Waals surface area contributed by atoms with E-state index in [9.17, 15) is 13.2 Å². The van der Waals surface area contributed by atoms with Crippen molar-refractivity contribution in [1.82, 2.24) is 4.31 Å². The minimum atomic E-state index is -3.61.